The second kappa shape index (κ2) is 8.08. The average molecular weight is 434 g/mol. The number of pyridine rings is 1. The minimum Gasteiger partial charge on any atom is -0.313 e. The van der Waals surface area contributed by atoms with Crippen molar-refractivity contribution in [3.8, 4) is 0 Å². The zero-order valence-corrected chi connectivity index (χ0v) is 16.6. The van der Waals surface area contributed by atoms with Crippen molar-refractivity contribution in [3.63, 3.8) is 0 Å². The molecule has 2 heterocycles. The maximum Gasteiger partial charge on any atom is 0.416 e. The topological polar surface area (TPSA) is 30.7 Å². The van der Waals surface area contributed by atoms with Gasteiger partial charge in [0.2, 0.25) is 0 Å². The number of hydrogen-bond donors (Lipinski definition) is 0. The van der Waals surface area contributed by atoms with E-state index in [0.717, 1.165) is 27.8 Å². The first-order valence-electron chi connectivity index (χ1n) is 8.74. The van der Waals surface area contributed by atoms with Crippen molar-refractivity contribution in [2.24, 2.45) is 0 Å². The van der Waals surface area contributed by atoms with Crippen LogP contribution >= 0.6 is 23.4 Å². The molecule has 0 aliphatic carbocycles. The number of halogens is 4. The van der Waals surface area contributed by atoms with Crippen LogP contribution in [0.3, 0.4) is 0 Å². The van der Waals surface area contributed by atoms with Gasteiger partial charge in [0.1, 0.15) is 0 Å². The van der Waals surface area contributed by atoms with Crippen molar-refractivity contribution < 1.29 is 13.2 Å². The molecule has 4 rings (SSSR count). The molecule has 0 unspecified atom stereocenters. The minimum atomic E-state index is -4.35. The molecule has 0 saturated heterocycles. The van der Waals surface area contributed by atoms with Gasteiger partial charge in [-0.15, -0.1) is 0 Å². The van der Waals surface area contributed by atoms with Gasteiger partial charge in [-0.05, 0) is 35.4 Å². The van der Waals surface area contributed by atoms with Crippen molar-refractivity contribution >= 4 is 34.4 Å². The highest BCUT2D eigenvalue weighted by Gasteiger charge is 2.30. The predicted molar refractivity (Wildman–Crippen MR) is 109 cm³/mol. The van der Waals surface area contributed by atoms with Gasteiger partial charge in [-0.1, -0.05) is 53.7 Å². The Kier molecular flexibility index (Phi) is 5.52. The Bertz CT molecular complexity index is 1140. The van der Waals surface area contributed by atoms with Crippen LogP contribution in [0.15, 0.2) is 72.1 Å². The van der Waals surface area contributed by atoms with E-state index in [-0.39, 0.29) is 0 Å². The Hall–Kier alpha value is -2.51. The summed E-state index contributed by atoms with van der Waals surface area (Å²) in [7, 11) is 0. The lowest BCUT2D eigenvalue weighted by molar-refractivity contribution is -0.137. The molecule has 29 heavy (non-hydrogen) atoms. The Balaban J connectivity index is 1.62. The lowest BCUT2D eigenvalue weighted by atomic mass is 10.1. The van der Waals surface area contributed by atoms with E-state index in [9.17, 15) is 13.2 Å². The Labute approximate surface area is 174 Å². The van der Waals surface area contributed by atoms with Gasteiger partial charge in [-0.2, -0.15) is 13.2 Å². The van der Waals surface area contributed by atoms with E-state index in [0.29, 0.717) is 22.9 Å². The summed E-state index contributed by atoms with van der Waals surface area (Å²) in [6.45, 7) is 0.560. The molecule has 0 amide bonds. The summed E-state index contributed by atoms with van der Waals surface area (Å²) in [5.41, 5.74) is 2.65. The number of fused-ring (bicyclic) bond motifs is 1. The van der Waals surface area contributed by atoms with Crippen molar-refractivity contribution in [2.45, 2.75) is 23.6 Å². The number of benzene rings is 2. The normalized spacial score (nSPS) is 11.9. The molecule has 0 fully saturated rings. The molecule has 3 nitrogen and oxygen atoms in total. The van der Waals surface area contributed by atoms with E-state index >= 15 is 0 Å². The first-order valence-corrected chi connectivity index (χ1v) is 10.1. The molecule has 0 bridgehead atoms. The zero-order valence-electron chi connectivity index (χ0n) is 15.0. The molecule has 0 atom stereocenters. The quantitative estimate of drug-likeness (QED) is 0.339. The molecule has 0 spiro atoms. The highest BCUT2D eigenvalue weighted by Crippen LogP contribution is 2.32. The van der Waals surface area contributed by atoms with E-state index in [2.05, 4.69) is 9.97 Å². The molecule has 0 aliphatic heterocycles. The number of rotatable bonds is 5. The van der Waals surface area contributed by atoms with Crippen LogP contribution in [0.1, 0.15) is 16.7 Å². The number of thioether (sulfide) groups is 1. The molecule has 2 aromatic heterocycles. The molecule has 0 aliphatic rings. The van der Waals surface area contributed by atoms with Crippen LogP contribution in [0, 0.1) is 0 Å². The van der Waals surface area contributed by atoms with Crippen LogP contribution < -0.4 is 0 Å². The molecule has 8 heteroatoms. The van der Waals surface area contributed by atoms with Gasteiger partial charge in [0.15, 0.2) is 5.16 Å². The third-order valence-electron chi connectivity index (χ3n) is 4.39. The molecule has 0 N–H and O–H groups in total. The van der Waals surface area contributed by atoms with Crippen LogP contribution in [0.2, 0.25) is 5.02 Å². The summed E-state index contributed by atoms with van der Waals surface area (Å²) >= 11 is 7.37. The molecule has 4 aromatic rings. The average Bonchev–Trinajstić information content (AvgIpc) is 3.05. The van der Waals surface area contributed by atoms with Gasteiger partial charge in [-0.25, -0.2) is 4.98 Å². The molecule has 0 radical (unpaired) electrons. The van der Waals surface area contributed by atoms with Crippen molar-refractivity contribution in [3.05, 3.63) is 88.7 Å². The lowest BCUT2D eigenvalue weighted by Crippen LogP contribution is -2.05. The Morgan fingerprint density at radius 3 is 2.55 bits per heavy atom. The summed E-state index contributed by atoms with van der Waals surface area (Å²) in [4.78, 5) is 8.83. The fourth-order valence-electron chi connectivity index (χ4n) is 2.97. The monoisotopic (exact) mass is 433 g/mol. The third kappa shape index (κ3) is 4.57. The Morgan fingerprint density at radius 2 is 1.79 bits per heavy atom. The van der Waals surface area contributed by atoms with E-state index < -0.39 is 11.7 Å². The largest absolute Gasteiger partial charge is 0.416 e. The number of aromatic nitrogens is 3. The number of nitrogens with zero attached hydrogens (tertiary/aromatic N) is 3. The first-order chi connectivity index (χ1) is 13.9. The standard InChI is InChI=1S/C21H15ClF3N3S/c22-17-6-4-14(5-7-17)12-28-19-11-26-9-8-18(19)27-20(28)29-13-15-2-1-3-16(10-15)21(23,24)25/h1-11H,12-13H2. The van der Waals surface area contributed by atoms with Gasteiger partial charge in [0, 0.05) is 17.0 Å². The SMILES string of the molecule is FC(F)(F)c1cccc(CSc2nc3ccncc3n2Cc2ccc(Cl)cc2)c1. The van der Waals surface area contributed by atoms with Crippen LogP contribution in [-0.2, 0) is 18.5 Å². The molecule has 0 saturated carbocycles. The highest BCUT2D eigenvalue weighted by molar-refractivity contribution is 7.98. The fourth-order valence-corrected chi connectivity index (χ4v) is 4.05. The van der Waals surface area contributed by atoms with E-state index in [1.807, 2.05) is 34.9 Å². The van der Waals surface area contributed by atoms with Gasteiger partial charge in [-0.3, -0.25) is 4.98 Å². The van der Waals surface area contributed by atoms with Crippen LogP contribution in [-0.4, -0.2) is 14.5 Å². The van der Waals surface area contributed by atoms with E-state index in [1.165, 1.54) is 23.9 Å². The zero-order chi connectivity index (χ0) is 20.4. The van der Waals surface area contributed by atoms with Crippen molar-refractivity contribution in [2.75, 3.05) is 0 Å². The predicted octanol–water partition coefficient (Wildman–Crippen LogP) is 6.44. The lowest BCUT2D eigenvalue weighted by Gasteiger charge is -2.10. The second-order valence-corrected chi connectivity index (χ2v) is 7.84. The summed E-state index contributed by atoms with van der Waals surface area (Å²) in [6.07, 6.45) is -0.941. The van der Waals surface area contributed by atoms with Gasteiger partial charge >= 0.3 is 6.18 Å². The molecule has 2 aromatic carbocycles. The number of imidazole rings is 1. The first kappa shape index (κ1) is 19.8. The van der Waals surface area contributed by atoms with Gasteiger partial charge in [0.25, 0.3) is 0 Å². The van der Waals surface area contributed by atoms with Crippen LogP contribution in [0.5, 0.6) is 0 Å². The van der Waals surface area contributed by atoms with E-state index in [4.69, 9.17) is 11.6 Å². The maximum absolute atomic E-state index is 13.0. The van der Waals surface area contributed by atoms with E-state index in [1.54, 1.807) is 18.5 Å². The van der Waals surface area contributed by atoms with Crippen molar-refractivity contribution in [1.82, 2.24) is 14.5 Å². The molecule has 148 valence electrons. The summed E-state index contributed by atoms with van der Waals surface area (Å²) in [5, 5.41) is 1.38. The van der Waals surface area contributed by atoms with Crippen LogP contribution in [0.4, 0.5) is 13.2 Å². The summed E-state index contributed by atoms with van der Waals surface area (Å²) in [5.74, 6) is 0.376. The molecular formula is C21H15ClF3N3S. The molecular weight excluding hydrogens is 419 g/mol. The Morgan fingerprint density at radius 1 is 1.00 bits per heavy atom. The third-order valence-corrected chi connectivity index (χ3v) is 5.69. The number of hydrogen-bond acceptors (Lipinski definition) is 3. The smallest absolute Gasteiger partial charge is 0.313 e. The summed E-state index contributed by atoms with van der Waals surface area (Å²) in [6, 6.07) is 14.7. The van der Waals surface area contributed by atoms with Gasteiger partial charge in [0.05, 0.1) is 29.3 Å². The summed E-state index contributed by atoms with van der Waals surface area (Å²) < 4.78 is 40.9. The minimum absolute atomic E-state index is 0.376. The second-order valence-electron chi connectivity index (χ2n) is 6.46. The number of alkyl halides is 3. The van der Waals surface area contributed by atoms with Gasteiger partial charge < -0.3 is 4.57 Å². The van der Waals surface area contributed by atoms with Crippen LogP contribution in [0.25, 0.3) is 11.0 Å². The van der Waals surface area contributed by atoms with Crippen molar-refractivity contribution in [1.29, 1.82) is 0 Å². The fraction of sp³-hybridized carbons (Fsp3) is 0.143. The maximum atomic E-state index is 13.0. The highest BCUT2D eigenvalue weighted by atomic mass is 35.5.